The molecule has 1 aromatic heterocycles. The highest BCUT2D eigenvalue weighted by atomic mass is 32.1. The predicted molar refractivity (Wildman–Crippen MR) is 85.1 cm³/mol. The number of hydrogen-bond donors (Lipinski definition) is 1. The first-order chi connectivity index (χ1) is 9.60. The van der Waals surface area contributed by atoms with Gasteiger partial charge in [-0.3, -0.25) is 0 Å². The molecule has 0 bridgehead atoms. The Morgan fingerprint density at radius 3 is 2.80 bits per heavy atom. The zero-order valence-corrected chi connectivity index (χ0v) is 13.0. The van der Waals surface area contributed by atoms with Gasteiger partial charge in [-0.1, -0.05) is 6.07 Å². The van der Waals surface area contributed by atoms with Crippen LogP contribution < -0.4 is 10.2 Å². The van der Waals surface area contributed by atoms with Gasteiger partial charge in [0, 0.05) is 36.6 Å². The van der Waals surface area contributed by atoms with Crippen LogP contribution in [-0.4, -0.2) is 20.1 Å². The van der Waals surface area contributed by atoms with Crippen LogP contribution in [0, 0.1) is 5.82 Å². The van der Waals surface area contributed by atoms with E-state index in [-0.39, 0.29) is 5.82 Å². The van der Waals surface area contributed by atoms with Crippen LogP contribution in [0.2, 0.25) is 0 Å². The summed E-state index contributed by atoms with van der Waals surface area (Å²) in [6.07, 6.45) is 0.978. The fraction of sp³-hybridized carbons (Fsp3) is 0.375. The fourth-order valence-corrected chi connectivity index (χ4v) is 3.08. The molecule has 20 heavy (non-hydrogen) atoms. The van der Waals surface area contributed by atoms with E-state index in [0.29, 0.717) is 12.6 Å². The number of likely N-dealkylation sites (N-methyl/N-ethyl adjacent to an activating group) is 1. The normalized spacial score (nSPS) is 12.4. The molecule has 1 heterocycles. The minimum Gasteiger partial charge on any atom is -0.371 e. The molecule has 0 radical (unpaired) electrons. The Morgan fingerprint density at radius 1 is 1.35 bits per heavy atom. The molecule has 1 atom stereocenters. The largest absolute Gasteiger partial charge is 0.371 e. The van der Waals surface area contributed by atoms with Crippen molar-refractivity contribution in [2.75, 3.05) is 19.0 Å². The molecule has 0 aliphatic rings. The maximum atomic E-state index is 13.7. The van der Waals surface area contributed by atoms with E-state index in [0.717, 1.165) is 17.7 Å². The molecule has 0 fully saturated rings. The highest BCUT2D eigenvalue weighted by Gasteiger charge is 2.13. The molecule has 2 rings (SSSR count). The van der Waals surface area contributed by atoms with Crippen LogP contribution >= 0.6 is 11.3 Å². The summed E-state index contributed by atoms with van der Waals surface area (Å²) in [4.78, 5) is 3.50. The summed E-state index contributed by atoms with van der Waals surface area (Å²) in [5, 5.41) is 5.15. The number of halogens is 1. The fourth-order valence-electron chi connectivity index (χ4n) is 2.25. The topological polar surface area (TPSA) is 15.3 Å². The Kier molecular flexibility index (Phi) is 5.15. The van der Waals surface area contributed by atoms with Crippen molar-refractivity contribution in [1.82, 2.24) is 5.32 Å². The van der Waals surface area contributed by atoms with Gasteiger partial charge in [-0.15, -0.1) is 11.3 Å². The van der Waals surface area contributed by atoms with Crippen LogP contribution in [0.5, 0.6) is 0 Å². The van der Waals surface area contributed by atoms with Gasteiger partial charge in [-0.2, -0.15) is 0 Å². The molecular formula is C16H21FN2S. The van der Waals surface area contributed by atoms with Crippen LogP contribution in [0.3, 0.4) is 0 Å². The zero-order chi connectivity index (χ0) is 14.5. The molecule has 2 nitrogen and oxygen atoms in total. The Morgan fingerprint density at radius 2 is 2.15 bits per heavy atom. The van der Waals surface area contributed by atoms with Gasteiger partial charge in [0.1, 0.15) is 5.82 Å². The van der Waals surface area contributed by atoms with Crippen LogP contribution in [0.4, 0.5) is 10.1 Å². The number of nitrogens with one attached hydrogen (secondary N) is 1. The van der Waals surface area contributed by atoms with Crippen molar-refractivity contribution in [1.29, 1.82) is 0 Å². The number of anilines is 1. The van der Waals surface area contributed by atoms with Crippen LogP contribution in [0.15, 0.2) is 35.7 Å². The predicted octanol–water partition coefficient (Wildman–Crippen LogP) is 3.67. The highest BCUT2D eigenvalue weighted by Crippen LogP contribution is 2.22. The molecule has 0 spiro atoms. The van der Waals surface area contributed by atoms with E-state index in [2.05, 4.69) is 34.7 Å². The number of thiophene rings is 1. The molecule has 0 aliphatic carbocycles. The zero-order valence-electron chi connectivity index (χ0n) is 12.2. The van der Waals surface area contributed by atoms with Crippen molar-refractivity contribution >= 4 is 17.0 Å². The molecule has 4 heteroatoms. The van der Waals surface area contributed by atoms with Gasteiger partial charge in [0.25, 0.3) is 0 Å². The Bertz CT molecular complexity index is 539. The molecule has 0 aliphatic heterocycles. The van der Waals surface area contributed by atoms with Crippen molar-refractivity contribution in [3.8, 4) is 0 Å². The van der Waals surface area contributed by atoms with E-state index in [4.69, 9.17) is 0 Å². The van der Waals surface area contributed by atoms with Gasteiger partial charge < -0.3 is 10.2 Å². The second-order valence-electron chi connectivity index (χ2n) is 5.09. The molecule has 0 amide bonds. The maximum absolute atomic E-state index is 13.7. The van der Waals surface area contributed by atoms with Gasteiger partial charge in [-0.25, -0.2) is 4.39 Å². The summed E-state index contributed by atoms with van der Waals surface area (Å²) in [6.45, 7) is 2.85. The van der Waals surface area contributed by atoms with Gasteiger partial charge in [0.15, 0.2) is 0 Å². The quantitative estimate of drug-likeness (QED) is 0.874. The lowest BCUT2D eigenvalue weighted by Crippen LogP contribution is -2.30. The first-order valence-electron chi connectivity index (χ1n) is 6.79. The third kappa shape index (κ3) is 3.81. The molecule has 2 aromatic rings. The molecule has 1 aromatic carbocycles. The molecule has 1 N–H and O–H groups in total. The summed E-state index contributed by atoms with van der Waals surface area (Å²) in [5.41, 5.74) is 1.90. The van der Waals surface area contributed by atoms with Crippen molar-refractivity contribution in [3.05, 3.63) is 52.0 Å². The van der Waals surface area contributed by atoms with Crippen LogP contribution in [0.25, 0.3) is 0 Å². The minimum atomic E-state index is -0.178. The average molecular weight is 292 g/mol. The summed E-state index contributed by atoms with van der Waals surface area (Å²) in [5.74, 6) is -0.178. The number of hydrogen-bond acceptors (Lipinski definition) is 3. The van der Waals surface area contributed by atoms with E-state index < -0.39 is 0 Å². The number of rotatable bonds is 6. The van der Waals surface area contributed by atoms with Crippen molar-refractivity contribution in [3.63, 3.8) is 0 Å². The minimum absolute atomic E-state index is 0.178. The van der Waals surface area contributed by atoms with E-state index in [9.17, 15) is 4.39 Å². The second-order valence-corrected chi connectivity index (χ2v) is 6.12. The first kappa shape index (κ1) is 15.0. The van der Waals surface area contributed by atoms with Crippen LogP contribution in [0.1, 0.15) is 17.4 Å². The van der Waals surface area contributed by atoms with Gasteiger partial charge >= 0.3 is 0 Å². The second kappa shape index (κ2) is 6.86. The summed E-state index contributed by atoms with van der Waals surface area (Å²) in [6, 6.07) is 9.78. The lowest BCUT2D eigenvalue weighted by Gasteiger charge is -2.27. The van der Waals surface area contributed by atoms with Gasteiger partial charge in [-0.05, 0) is 49.2 Å². The number of benzene rings is 1. The first-order valence-corrected chi connectivity index (χ1v) is 7.67. The van der Waals surface area contributed by atoms with E-state index in [1.165, 1.54) is 4.88 Å². The van der Waals surface area contributed by atoms with Crippen molar-refractivity contribution in [2.45, 2.75) is 25.9 Å². The monoisotopic (exact) mass is 292 g/mol. The Labute approximate surface area is 124 Å². The molecule has 108 valence electrons. The van der Waals surface area contributed by atoms with Gasteiger partial charge in [0.2, 0.25) is 0 Å². The van der Waals surface area contributed by atoms with E-state index in [1.54, 1.807) is 23.5 Å². The lowest BCUT2D eigenvalue weighted by atomic mass is 10.1. The maximum Gasteiger partial charge on any atom is 0.125 e. The van der Waals surface area contributed by atoms with Crippen LogP contribution in [-0.2, 0) is 13.0 Å². The van der Waals surface area contributed by atoms with Crippen molar-refractivity contribution < 1.29 is 4.39 Å². The molecule has 1 unspecified atom stereocenters. The third-order valence-corrected chi connectivity index (χ3v) is 4.37. The number of nitrogens with zero attached hydrogens (tertiary/aromatic N) is 1. The molecule has 0 saturated carbocycles. The van der Waals surface area contributed by atoms with E-state index in [1.807, 2.05) is 20.2 Å². The van der Waals surface area contributed by atoms with Crippen molar-refractivity contribution in [2.24, 2.45) is 0 Å². The third-order valence-electron chi connectivity index (χ3n) is 3.47. The highest BCUT2D eigenvalue weighted by molar-refractivity contribution is 7.09. The SMILES string of the molecule is CNCc1cc(F)cc(N(C)C(C)Cc2cccs2)c1. The standard InChI is InChI=1S/C16H21FN2S/c1-12(7-16-5-4-6-20-16)19(3)15-9-13(11-18-2)8-14(17)10-15/h4-6,8-10,12,18H,7,11H2,1-3H3. The summed E-state index contributed by atoms with van der Waals surface area (Å²) >= 11 is 1.77. The molecule has 0 saturated heterocycles. The lowest BCUT2D eigenvalue weighted by molar-refractivity contribution is 0.619. The Balaban J connectivity index is 2.13. The van der Waals surface area contributed by atoms with Gasteiger partial charge in [0.05, 0.1) is 0 Å². The Hall–Kier alpha value is -1.39. The smallest absolute Gasteiger partial charge is 0.125 e. The summed E-state index contributed by atoms with van der Waals surface area (Å²) in [7, 11) is 3.89. The summed E-state index contributed by atoms with van der Waals surface area (Å²) < 4.78 is 13.7. The molecular weight excluding hydrogens is 271 g/mol. The van der Waals surface area contributed by atoms with E-state index >= 15 is 0 Å². The average Bonchev–Trinajstić information content (AvgIpc) is 2.90.